The summed E-state index contributed by atoms with van der Waals surface area (Å²) >= 11 is 6.39. The summed E-state index contributed by atoms with van der Waals surface area (Å²) in [6, 6.07) is 3.87. The Morgan fingerprint density at radius 3 is 2.53 bits per heavy atom. The van der Waals surface area contributed by atoms with Gasteiger partial charge in [-0.15, -0.1) is 0 Å². The largest absolute Gasteiger partial charge is 0.337 e. The van der Waals surface area contributed by atoms with Gasteiger partial charge in [-0.2, -0.15) is 0 Å². The van der Waals surface area contributed by atoms with Gasteiger partial charge in [0.05, 0.1) is 11.5 Å². The van der Waals surface area contributed by atoms with E-state index in [1.54, 1.807) is 6.07 Å². The van der Waals surface area contributed by atoms with Crippen LogP contribution in [0, 0.1) is 18.8 Å². The molecule has 2 amide bonds. The van der Waals surface area contributed by atoms with Gasteiger partial charge in [-0.05, 0) is 62.3 Å². The van der Waals surface area contributed by atoms with Crippen LogP contribution in [-0.2, 0) is 26.0 Å². The fourth-order valence-corrected chi connectivity index (χ4v) is 7.78. The molecule has 0 spiro atoms. The third-order valence-electron chi connectivity index (χ3n) is 7.65. The first-order valence-electron chi connectivity index (χ1n) is 12.4. The Morgan fingerprint density at radius 2 is 1.88 bits per heavy atom. The first-order valence-corrected chi connectivity index (χ1v) is 14.6. The summed E-state index contributed by atoms with van der Waals surface area (Å²) in [5.74, 6) is 0.500. The van der Waals surface area contributed by atoms with Gasteiger partial charge in [-0.3, -0.25) is 14.5 Å². The standard InChI is InChI=1S/C25H36ClN3O4S/c1-17-14-28(8-9-29(17)25(31)20-5-3-4-6-20)15-21-12-22(26)13-23(18(21)2)27-24(30)11-19-7-10-34(32,33)16-19/h12-13,17,19-20H,3-11,14-16H2,1-2H3,(H,27,30). The SMILES string of the molecule is Cc1c(CN2CCN(C(=O)C3CCCC3)C(C)C2)cc(Cl)cc1NC(=O)CC1CCS(=O)(=O)C1. The molecule has 2 saturated heterocycles. The van der Waals surface area contributed by atoms with Crippen molar-refractivity contribution >= 4 is 38.9 Å². The molecule has 34 heavy (non-hydrogen) atoms. The Kier molecular flexibility index (Phi) is 7.89. The second-order valence-corrected chi connectivity index (χ2v) is 13.0. The van der Waals surface area contributed by atoms with E-state index in [1.807, 2.05) is 13.0 Å². The Bertz CT molecular complexity index is 1040. The Balaban J connectivity index is 1.36. The molecule has 7 nitrogen and oxygen atoms in total. The van der Waals surface area contributed by atoms with Crippen molar-refractivity contribution in [2.24, 2.45) is 11.8 Å². The molecular formula is C25H36ClN3O4S. The third-order valence-corrected chi connectivity index (χ3v) is 9.70. The van der Waals surface area contributed by atoms with Crippen LogP contribution in [0.25, 0.3) is 0 Å². The highest BCUT2D eigenvalue weighted by molar-refractivity contribution is 7.91. The monoisotopic (exact) mass is 509 g/mol. The van der Waals surface area contributed by atoms with Crippen molar-refractivity contribution in [3.05, 3.63) is 28.3 Å². The topological polar surface area (TPSA) is 86.8 Å². The third kappa shape index (κ3) is 6.13. The Morgan fingerprint density at radius 1 is 1.15 bits per heavy atom. The van der Waals surface area contributed by atoms with E-state index >= 15 is 0 Å². The summed E-state index contributed by atoms with van der Waals surface area (Å²) in [6.07, 6.45) is 5.13. The summed E-state index contributed by atoms with van der Waals surface area (Å²) in [5.41, 5.74) is 2.69. The number of anilines is 1. The zero-order valence-corrected chi connectivity index (χ0v) is 21.8. The number of nitrogens with zero attached hydrogens (tertiary/aromatic N) is 2. The summed E-state index contributed by atoms with van der Waals surface area (Å²) < 4.78 is 23.4. The number of halogens is 1. The van der Waals surface area contributed by atoms with Crippen molar-refractivity contribution in [2.75, 3.05) is 36.5 Å². The number of nitrogens with one attached hydrogen (secondary N) is 1. The maximum atomic E-state index is 12.9. The van der Waals surface area contributed by atoms with E-state index in [0.717, 1.165) is 56.4 Å². The molecule has 1 saturated carbocycles. The molecule has 9 heteroatoms. The number of hydrogen-bond donors (Lipinski definition) is 1. The van der Waals surface area contributed by atoms with Gasteiger partial charge in [-0.1, -0.05) is 24.4 Å². The molecule has 0 radical (unpaired) electrons. The molecule has 1 aromatic rings. The number of carbonyl (C=O) groups is 2. The fourth-order valence-electron chi connectivity index (χ4n) is 5.68. The summed E-state index contributed by atoms with van der Waals surface area (Å²) in [7, 11) is -3.00. The van der Waals surface area contributed by atoms with Gasteiger partial charge in [-0.25, -0.2) is 8.42 Å². The first kappa shape index (κ1) is 25.5. The predicted octanol–water partition coefficient (Wildman–Crippen LogP) is 3.63. The normalized spacial score (nSPS) is 25.6. The van der Waals surface area contributed by atoms with E-state index < -0.39 is 9.84 Å². The molecule has 1 aliphatic carbocycles. The van der Waals surface area contributed by atoms with Gasteiger partial charge in [0, 0.05) is 55.3 Å². The van der Waals surface area contributed by atoms with E-state index in [1.165, 1.54) is 0 Å². The molecule has 4 rings (SSSR count). The van der Waals surface area contributed by atoms with E-state index in [9.17, 15) is 18.0 Å². The molecule has 188 valence electrons. The van der Waals surface area contributed by atoms with Crippen LogP contribution in [0.1, 0.15) is 56.6 Å². The second-order valence-electron chi connectivity index (χ2n) is 10.4. The molecule has 3 aliphatic rings. The van der Waals surface area contributed by atoms with Crippen LogP contribution >= 0.6 is 11.6 Å². The zero-order valence-electron chi connectivity index (χ0n) is 20.2. The average molecular weight is 510 g/mol. The van der Waals surface area contributed by atoms with E-state index in [0.29, 0.717) is 29.6 Å². The minimum absolute atomic E-state index is 0.0909. The van der Waals surface area contributed by atoms with E-state index in [2.05, 4.69) is 22.0 Å². The number of hydrogen-bond acceptors (Lipinski definition) is 5. The number of benzene rings is 1. The van der Waals surface area contributed by atoms with Crippen molar-refractivity contribution in [3.8, 4) is 0 Å². The minimum atomic E-state index is -3.00. The van der Waals surface area contributed by atoms with Gasteiger partial charge in [0.25, 0.3) is 0 Å². The number of amides is 2. The van der Waals surface area contributed by atoms with Gasteiger partial charge in [0.2, 0.25) is 11.8 Å². The van der Waals surface area contributed by atoms with E-state index in [-0.39, 0.29) is 41.7 Å². The summed E-state index contributed by atoms with van der Waals surface area (Å²) in [5, 5.41) is 3.51. The van der Waals surface area contributed by atoms with Gasteiger partial charge in [0.1, 0.15) is 0 Å². The molecule has 0 bridgehead atoms. The number of rotatable bonds is 6. The van der Waals surface area contributed by atoms with Crippen LogP contribution in [-0.4, -0.2) is 67.2 Å². The smallest absolute Gasteiger partial charge is 0.226 e. The number of sulfone groups is 1. The first-order chi connectivity index (χ1) is 16.1. The fraction of sp³-hybridized carbons (Fsp3) is 0.680. The van der Waals surface area contributed by atoms with Gasteiger partial charge < -0.3 is 10.2 Å². The van der Waals surface area contributed by atoms with Crippen LogP contribution in [0.5, 0.6) is 0 Å². The van der Waals surface area contributed by atoms with Crippen molar-refractivity contribution in [1.29, 1.82) is 0 Å². The quantitative estimate of drug-likeness (QED) is 0.632. The molecule has 2 aliphatic heterocycles. The lowest BCUT2D eigenvalue weighted by Crippen LogP contribution is -2.54. The molecule has 0 aromatic heterocycles. The van der Waals surface area contributed by atoms with Crippen LogP contribution in [0.3, 0.4) is 0 Å². The van der Waals surface area contributed by atoms with Crippen LogP contribution < -0.4 is 5.32 Å². The highest BCUT2D eigenvalue weighted by atomic mass is 35.5. The Hall–Kier alpha value is -1.64. The lowest BCUT2D eigenvalue weighted by molar-refractivity contribution is -0.140. The number of piperazine rings is 1. The highest BCUT2D eigenvalue weighted by Gasteiger charge is 2.33. The van der Waals surface area contributed by atoms with Crippen molar-refractivity contribution < 1.29 is 18.0 Å². The average Bonchev–Trinajstić information content (AvgIpc) is 3.40. The van der Waals surface area contributed by atoms with Crippen LogP contribution in [0.2, 0.25) is 5.02 Å². The maximum absolute atomic E-state index is 12.9. The van der Waals surface area contributed by atoms with Crippen molar-refractivity contribution in [3.63, 3.8) is 0 Å². The van der Waals surface area contributed by atoms with Crippen molar-refractivity contribution in [1.82, 2.24) is 9.80 Å². The molecule has 2 unspecified atom stereocenters. The van der Waals surface area contributed by atoms with Crippen molar-refractivity contribution in [2.45, 2.75) is 65.0 Å². The molecule has 3 fully saturated rings. The molecular weight excluding hydrogens is 474 g/mol. The lowest BCUT2D eigenvalue weighted by Gasteiger charge is -2.41. The highest BCUT2D eigenvalue weighted by Crippen LogP contribution is 2.30. The van der Waals surface area contributed by atoms with E-state index in [4.69, 9.17) is 11.6 Å². The molecule has 2 heterocycles. The molecule has 1 N–H and O–H groups in total. The van der Waals surface area contributed by atoms with Gasteiger partial charge >= 0.3 is 0 Å². The summed E-state index contributed by atoms with van der Waals surface area (Å²) in [6.45, 7) is 7.16. The second kappa shape index (κ2) is 10.5. The lowest BCUT2D eigenvalue weighted by atomic mass is 10.0. The van der Waals surface area contributed by atoms with Crippen LogP contribution in [0.15, 0.2) is 12.1 Å². The zero-order chi connectivity index (χ0) is 24.5. The van der Waals surface area contributed by atoms with Gasteiger partial charge in [0.15, 0.2) is 9.84 Å². The molecule has 2 atom stereocenters. The predicted molar refractivity (Wildman–Crippen MR) is 135 cm³/mol. The number of carbonyl (C=O) groups excluding carboxylic acids is 2. The van der Waals surface area contributed by atoms with Crippen LogP contribution in [0.4, 0.5) is 5.69 Å². The molecule has 1 aromatic carbocycles. The maximum Gasteiger partial charge on any atom is 0.226 e. The Labute approximate surface area is 208 Å². The minimum Gasteiger partial charge on any atom is -0.337 e. The summed E-state index contributed by atoms with van der Waals surface area (Å²) in [4.78, 5) is 29.9.